The molecule has 1 heterocycles. The number of methoxy groups -OCH3 is 1. The van der Waals surface area contributed by atoms with E-state index in [0.29, 0.717) is 11.1 Å². The normalized spacial score (nSPS) is 14.9. The molecule has 27 heavy (non-hydrogen) atoms. The molecular formula is C19H13F2NO5. The van der Waals surface area contributed by atoms with Gasteiger partial charge >= 0.3 is 18.6 Å². The van der Waals surface area contributed by atoms with Crippen LogP contribution in [0.4, 0.5) is 8.78 Å². The van der Waals surface area contributed by atoms with Gasteiger partial charge in [0.1, 0.15) is 5.75 Å². The van der Waals surface area contributed by atoms with Crippen molar-refractivity contribution in [2.24, 2.45) is 4.99 Å². The van der Waals surface area contributed by atoms with Gasteiger partial charge in [-0.1, -0.05) is 24.3 Å². The Morgan fingerprint density at radius 1 is 1.15 bits per heavy atom. The van der Waals surface area contributed by atoms with E-state index < -0.39 is 18.6 Å². The van der Waals surface area contributed by atoms with E-state index in [1.54, 1.807) is 18.2 Å². The van der Waals surface area contributed by atoms with Crippen molar-refractivity contribution in [3.05, 3.63) is 70.9 Å². The lowest BCUT2D eigenvalue weighted by atomic mass is 10.1. The molecule has 1 aliphatic heterocycles. The number of hydrogen-bond acceptors (Lipinski definition) is 6. The van der Waals surface area contributed by atoms with Gasteiger partial charge in [-0.2, -0.15) is 8.78 Å². The van der Waals surface area contributed by atoms with Gasteiger partial charge in [-0.25, -0.2) is 14.6 Å². The molecule has 0 saturated carbocycles. The lowest BCUT2D eigenvalue weighted by Crippen LogP contribution is -2.10. The first kappa shape index (κ1) is 18.2. The number of aliphatic imine (C=N–C) groups is 1. The quantitative estimate of drug-likeness (QED) is 0.593. The molecule has 2 aromatic rings. The fourth-order valence-electron chi connectivity index (χ4n) is 2.36. The van der Waals surface area contributed by atoms with Crippen LogP contribution in [0.3, 0.4) is 0 Å². The van der Waals surface area contributed by atoms with Crippen molar-refractivity contribution in [2.45, 2.75) is 6.61 Å². The lowest BCUT2D eigenvalue weighted by Gasteiger charge is -2.08. The predicted molar refractivity (Wildman–Crippen MR) is 91.5 cm³/mol. The van der Waals surface area contributed by atoms with Crippen LogP contribution in [-0.2, 0) is 14.3 Å². The molecule has 0 atom stereocenters. The van der Waals surface area contributed by atoms with E-state index in [4.69, 9.17) is 4.74 Å². The summed E-state index contributed by atoms with van der Waals surface area (Å²) in [4.78, 5) is 27.5. The Morgan fingerprint density at radius 3 is 2.52 bits per heavy atom. The highest BCUT2D eigenvalue weighted by molar-refractivity contribution is 6.13. The van der Waals surface area contributed by atoms with Gasteiger partial charge < -0.3 is 14.2 Å². The third-order valence-electron chi connectivity index (χ3n) is 3.59. The minimum Gasteiger partial charge on any atom is -0.465 e. The van der Waals surface area contributed by atoms with E-state index in [1.165, 1.54) is 43.5 Å². The summed E-state index contributed by atoms with van der Waals surface area (Å²) in [6.07, 6.45) is 1.45. The van der Waals surface area contributed by atoms with Crippen molar-refractivity contribution in [3.63, 3.8) is 0 Å². The van der Waals surface area contributed by atoms with Crippen LogP contribution in [0.1, 0.15) is 21.5 Å². The van der Waals surface area contributed by atoms with Gasteiger partial charge in [-0.3, -0.25) is 0 Å². The molecule has 0 saturated heterocycles. The topological polar surface area (TPSA) is 74.2 Å². The smallest absolute Gasteiger partial charge is 0.387 e. The number of esters is 2. The summed E-state index contributed by atoms with van der Waals surface area (Å²) < 4.78 is 39.2. The number of para-hydroxylation sites is 1. The fourth-order valence-corrected chi connectivity index (χ4v) is 2.36. The molecule has 0 bridgehead atoms. The number of carbonyl (C=O) groups excluding carboxylic acids is 2. The molecule has 0 N–H and O–H groups in total. The fraction of sp³-hybridized carbons (Fsp3) is 0.105. The van der Waals surface area contributed by atoms with Gasteiger partial charge in [0, 0.05) is 0 Å². The summed E-state index contributed by atoms with van der Waals surface area (Å²) in [6.45, 7) is -3.02. The standard InChI is InChI=1S/C19H13F2NO5/c1-25-17(23)12-8-6-11(7-9-12)10-14-18(24)27-16(22-14)13-4-2-3-5-15(13)26-19(20)21/h2-10,19H,1H3/b14-10-. The van der Waals surface area contributed by atoms with Crippen molar-refractivity contribution < 1.29 is 32.6 Å². The average molecular weight is 373 g/mol. The molecule has 8 heteroatoms. The van der Waals surface area contributed by atoms with Crippen LogP contribution in [0.15, 0.2) is 59.2 Å². The number of halogens is 2. The van der Waals surface area contributed by atoms with E-state index in [2.05, 4.69) is 14.5 Å². The highest BCUT2D eigenvalue weighted by atomic mass is 19.3. The van der Waals surface area contributed by atoms with Crippen LogP contribution in [0.2, 0.25) is 0 Å². The monoisotopic (exact) mass is 373 g/mol. The molecule has 2 aromatic carbocycles. The van der Waals surface area contributed by atoms with Crippen LogP contribution in [0.5, 0.6) is 5.75 Å². The highest BCUT2D eigenvalue weighted by Gasteiger charge is 2.26. The second-order valence-electron chi connectivity index (χ2n) is 5.32. The molecule has 0 unspecified atom stereocenters. The Bertz CT molecular complexity index is 935. The number of carbonyl (C=O) groups is 2. The van der Waals surface area contributed by atoms with Crippen LogP contribution in [0, 0.1) is 0 Å². The van der Waals surface area contributed by atoms with Gasteiger partial charge in [0.05, 0.1) is 18.2 Å². The molecule has 138 valence electrons. The third-order valence-corrected chi connectivity index (χ3v) is 3.59. The van der Waals surface area contributed by atoms with E-state index in [9.17, 15) is 18.4 Å². The number of hydrogen-bond donors (Lipinski definition) is 0. The molecule has 0 spiro atoms. The number of rotatable bonds is 5. The molecule has 3 rings (SSSR count). The largest absolute Gasteiger partial charge is 0.465 e. The van der Waals surface area contributed by atoms with E-state index in [0.717, 1.165) is 0 Å². The van der Waals surface area contributed by atoms with Crippen LogP contribution < -0.4 is 4.74 Å². The number of alkyl halides is 2. The highest BCUT2D eigenvalue weighted by Crippen LogP contribution is 2.26. The average Bonchev–Trinajstić information content (AvgIpc) is 3.02. The Hall–Kier alpha value is -3.55. The summed E-state index contributed by atoms with van der Waals surface area (Å²) in [5.74, 6) is -1.49. The number of nitrogens with zero attached hydrogens (tertiary/aromatic N) is 1. The Kier molecular flexibility index (Phi) is 5.25. The summed E-state index contributed by atoms with van der Waals surface area (Å²) in [6, 6.07) is 12.2. The molecule has 1 aliphatic rings. The zero-order valence-electron chi connectivity index (χ0n) is 14.0. The van der Waals surface area contributed by atoms with Gasteiger partial charge in [0.25, 0.3) is 0 Å². The van der Waals surface area contributed by atoms with Crippen LogP contribution in [-0.4, -0.2) is 31.6 Å². The Balaban J connectivity index is 1.88. The first-order valence-corrected chi connectivity index (χ1v) is 7.73. The Morgan fingerprint density at radius 2 is 1.85 bits per heavy atom. The minimum atomic E-state index is -3.02. The molecule has 0 radical (unpaired) electrons. The van der Waals surface area contributed by atoms with Gasteiger partial charge in [0.15, 0.2) is 5.70 Å². The van der Waals surface area contributed by atoms with E-state index >= 15 is 0 Å². The zero-order chi connectivity index (χ0) is 19.4. The second-order valence-corrected chi connectivity index (χ2v) is 5.32. The summed E-state index contributed by atoms with van der Waals surface area (Å²) in [7, 11) is 1.28. The Labute approximate surface area is 152 Å². The molecular weight excluding hydrogens is 360 g/mol. The molecule has 0 amide bonds. The molecule has 0 aliphatic carbocycles. The summed E-state index contributed by atoms with van der Waals surface area (Å²) >= 11 is 0. The van der Waals surface area contributed by atoms with Crippen molar-refractivity contribution in [1.82, 2.24) is 0 Å². The van der Waals surface area contributed by atoms with Crippen LogP contribution >= 0.6 is 0 Å². The lowest BCUT2D eigenvalue weighted by molar-refractivity contribution is -0.129. The number of cyclic esters (lactones) is 1. The predicted octanol–water partition coefficient (Wildman–Crippen LogP) is 3.42. The van der Waals surface area contributed by atoms with Crippen molar-refractivity contribution >= 4 is 23.9 Å². The maximum absolute atomic E-state index is 12.5. The van der Waals surface area contributed by atoms with Gasteiger partial charge in [0.2, 0.25) is 5.90 Å². The third kappa shape index (κ3) is 4.17. The van der Waals surface area contributed by atoms with Crippen LogP contribution in [0.25, 0.3) is 6.08 Å². The molecule has 0 fully saturated rings. The summed E-state index contributed by atoms with van der Waals surface area (Å²) in [5.41, 5.74) is 1.07. The van der Waals surface area contributed by atoms with Gasteiger partial charge in [-0.15, -0.1) is 0 Å². The summed E-state index contributed by atoms with van der Waals surface area (Å²) in [5, 5.41) is 0. The maximum atomic E-state index is 12.5. The molecule has 0 aromatic heterocycles. The van der Waals surface area contributed by atoms with Crippen molar-refractivity contribution in [3.8, 4) is 5.75 Å². The second kappa shape index (κ2) is 7.77. The van der Waals surface area contributed by atoms with E-state index in [1.807, 2.05) is 0 Å². The molecule has 6 nitrogen and oxygen atoms in total. The SMILES string of the molecule is COC(=O)c1ccc(/C=C2\N=C(c3ccccc3OC(F)F)OC2=O)cc1. The number of benzene rings is 2. The van der Waals surface area contributed by atoms with Gasteiger partial charge in [-0.05, 0) is 35.9 Å². The minimum absolute atomic E-state index is 0.0114. The first-order chi connectivity index (χ1) is 13.0. The number of ether oxygens (including phenoxy) is 3. The zero-order valence-corrected chi connectivity index (χ0v) is 14.0. The maximum Gasteiger partial charge on any atom is 0.387 e. The van der Waals surface area contributed by atoms with E-state index in [-0.39, 0.29) is 22.9 Å². The first-order valence-electron chi connectivity index (χ1n) is 7.73. The van der Waals surface area contributed by atoms with Crippen molar-refractivity contribution in [1.29, 1.82) is 0 Å². The van der Waals surface area contributed by atoms with Crippen molar-refractivity contribution in [2.75, 3.05) is 7.11 Å².